The SMILES string of the molecule is COc1ccc(C(=O)OCc2nc3ccccc3[n+]([O-])c2C(=O)c2ccccc2)cc1. The molecular weight excluding hydrogens is 396 g/mol. The number of fused-ring (bicyclic) bond motifs is 1. The van der Waals surface area contributed by atoms with Crippen molar-refractivity contribution in [1.29, 1.82) is 0 Å². The summed E-state index contributed by atoms with van der Waals surface area (Å²) in [6.07, 6.45) is 0. The summed E-state index contributed by atoms with van der Waals surface area (Å²) in [4.78, 5) is 30.0. The highest BCUT2D eigenvalue weighted by Crippen LogP contribution is 2.17. The van der Waals surface area contributed by atoms with Gasteiger partial charge in [-0.25, -0.2) is 9.78 Å². The van der Waals surface area contributed by atoms with Crippen LogP contribution in [0, 0.1) is 5.21 Å². The van der Waals surface area contributed by atoms with Gasteiger partial charge in [0.2, 0.25) is 5.52 Å². The summed E-state index contributed by atoms with van der Waals surface area (Å²) in [5, 5.41) is 13.1. The second-order valence-corrected chi connectivity index (χ2v) is 6.69. The molecule has 0 fully saturated rings. The molecule has 0 saturated carbocycles. The number of nitrogens with zero attached hydrogens (tertiary/aromatic N) is 2. The molecule has 1 heterocycles. The molecule has 0 N–H and O–H groups in total. The van der Waals surface area contributed by atoms with E-state index in [2.05, 4.69) is 4.98 Å². The Morgan fingerprint density at radius 1 is 0.903 bits per heavy atom. The van der Waals surface area contributed by atoms with Gasteiger partial charge in [-0.15, -0.1) is 0 Å². The number of ether oxygens (including phenoxy) is 2. The molecule has 31 heavy (non-hydrogen) atoms. The number of esters is 1. The predicted molar refractivity (Wildman–Crippen MR) is 113 cm³/mol. The zero-order valence-corrected chi connectivity index (χ0v) is 16.6. The smallest absolute Gasteiger partial charge is 0.338 e. The number of aromatic nitrogens is 2. The molecule has 0 unspecified atom stereocenters. The number of para-hydroxylation sites is 2. The number of hydrogen-bond acceptors (Lipinski definition) is 6. The molecule has 3 aromatic carbocycles. The Labute approximate surface area is 178 Å². The highest BCUT2D eigenvalue weighted by atomic mass is 16.5. The van der Waals surface area contributed by atoms with E-state index in [4.69, 9.17) is 9.47 Å². The maximum atomic E-state index is 13.1. The van der Waals surface area contributed by atoms with Crippen molar-refractivity contribution in [3.8, 4) is 5.75 Å². The first-order chi connectivity index (χ1) is 15.1. The highest BCUT2D eigenvalue weighted by Gasteiger charge is 2.28. The predicted octanol–water partition coefficient (Wildman–Crippen LogP) is 3.46. The number of ketones is 1. The van der Waals surface area contributed by atoms with Gasteiger partial charge in [-0.05, 0) is 30.3 Å². The molecule has 4 rings (SSSR count). The lowest BCUT2D eigenvalue weighted by Crippen LogP contribution is -2.38. The summed E-state index contributed by atoms with van der Waals surface area (Å²) in [5.74, 6) is -0.492. The summed E-state index contributed by atoms with van der Waals surface area (Å²) < 4.78 is 11.0. The fraction of sp³-hybridized carbons (Fsp3) is 0.0833. The second-order valence-electron chi connectivity index (χ2n) is 6.69. The van der Waals surface area contributed by atoms with Gasteiger partial charge in [0.1, 0.15) is 17.9 Å². The Morgan fingerprint density at radius 2 is 1.58 bits per heavy atom. The fourth-order valence-electron chi connectivity index (χ4n) is 3.16. The summed E-state index contributed by atoms with van der Waals surface area (Å²) in [5.41, 5.74) is 1.22. The van der Waals surface area contributed by atoms with E-state index in [9.17, 15) is 14.8 Å². The third kappa shape index (κ3) is 4.06. The van der Waals surface area contributed by atoms with Crippen LogP contribution in [0.3, 0.4) is 0 Å². The normalized spacial score (nSPS) is 10.6. The molecule has 0 saturated heterocycles. The van der Waals surface area contributed by atoms with Gasteiger partial charge >= 0.3 is 5.97 Å². The summed E-state index contributed by atoms with van der Waals surface area (Å²) in [6.45, 7) is -0.328. The van der Waals surface area contributed by atoms with E-state index >= 15 is 0 Å². The van der Waals surface area contributed by atoms with Crippen LogP contribution in [0.25, 0.3) is 11.0 Å². The van der Waals surface area contributed by atoms with E-state index in [1.807, 2.05) is 0 Å². The number of rotatable bonds is 6. The first-order valence-corrected chi connectivity index (χ1v) is 9.50. The van der Waals surface area contributed by atoms with Crippen LogP contribution in [0.4, 0.5) is 0 Å². The van der Waals surface area contributed by atoms with Gasteiger partial charge in [0.25, 0.3) is 11.5 Å². The Bertz CT molecular complexity index is 1250. The Kier molecular flexibility index (Phi) is 5.57. The van der Waals surface area contributed by atoms with E-state index in [0.717, 1.165) is 0 Å². The maximum Gasteiger partial charge on any atom is 0.338 e. The van der Waals surface area contributed by atoms with E-state index in [1.165, 1.54) is 7.11 Å². The molecule has 154 valence electrons. The van der Waals surface area contributed by atoms with Gasteiger partial charge in [-0.1, -0.05) is 42.5 Å². The Morgan fingerprint density at radius 3 is 2.29 bits per heavy atom. The number of hydrogen-bond donors (Lipinski definition) is 0. The number of benzene rings is 3. The molecule has 0 aliphatic rings. The summed E-state index contributed by atoms with van der Waals surface area (Å²) in [6, 6.07) is 21.5. The lowest BCUT2D eigenvalue weighted by atomic mass is 10.1. The molecule has 0 bridgehead atoms. The van der Waals surface area contributed by atoms with Crippen molar-refractivity contribution in [2.24, 2.45) is 0 Å². The first kappa shape index (κ1) is 20.0. The minimum absolute atomic E-state index is 0.0874. The van der Waals surface area contributed by atoms with Gasteiger partial charge in [0.05, 0.1) is 12.7 Å². The molecule has 0 amide bonds. The molecule has 0 radical (unpaired) electrons. The first-order valence-electron chi connectivity index (χ1n) is 9.50. The van der Waals surface area contributed by atoms with Crippen LogP contribution >= 0.6 is 0 Å². The van der Waals surface area contributed by atoms with Gasteiger partial charge in [-0.2, -0.15) is 4.73 Å². The molecule has 4 aromatic rings. The zero-order valence-electron chi connectivity index (χ0n) is 16.6. The van der Waals surface area contributed by atoms with Crippen molar-refractivity contribution in [3.63, 3.8) is 0 Å². The molecule has 0 atom stereocenters. The lowest BCUT2D eigenvalue weighted by Gasteiger charge is -2.12. The second kappa shape index (κ2) is 8.62. The molecule has 7 heteroatoms. The van der Waals surface area contributed by atoms with Crippen LogP contribution in [0.15, 0.2) is 78.9 Å². The van der Waals surface area contributed by atoms with E-state index in [-0.39, 0.29) is 23.5 Å². The largest absolute Gasteiger partial charge is 0.618 e. The van der Waals surface area contributed by atoms with Crippen LogP contribution in [0.1, 0.15) is 32.1 Å². The van der Waals surface area contributed by atoms with Crippen LogP contribution in [0.5, 0.6) is 5.75 Å². The van der Waals surface area contributed by atoms with E-state index < -0.39 is 11.8 Å². The van der Waals surface area contributed by atoms with Crippen molar-refractivity contribution in [2.75, 3.05) is 7.11 Å². The van der Waals surface area contributed by atoms with Crippen LogP contribution in [-0.2, 0) is 11.3 Å². The van der Waals surface area contributed by atoms with Crippen molar-refractivity contribution >= 4 is 22.8 Å². The van der Waals surface area contributed by atoms with Gasteiger partial charge < -0.3 is 14.7 Å². The van der Waals surface area contributed by atoms with Gasteiger partial charge in [0.15, 0.2) is 5.69 Å². The lowest BCUT2D eigenvalue weighted by molar-refractivity contribution is -0.580. The molecule has 0 aliphatic heterocycles. The Hall–Kier alpha value is -4.26. The molecular formula is C24H18N2O5. The standard InChI is InChI=1S/C24H18N2O5/c1-30-18-13-11-17(12-14-18)24(28)31-15-20-22(23(27)16-7-3-2-4-8-16)26(29)21-10-6-5-9-19(21)25-20/h2-14H,15H2,1H3. The maximum absolute atomic E-state index is 13.1. The van der Waals surface area contributed by atoms with Crippen LogP contribution in [-0.4, -0.2) is 23.8 Å². The van der Waals surface area contributed by atoms with E-state index in [0.29, 0.717) is 27.1 Å². The topological polar surface area (TPSA) is 92.4 Å². The number of methoxy groups -OCH3 is 1. The van der Waals surface area contributed by atoms with Gasteiger partial charge in [0, 0.05) is 11.6 Å². The monoisotopic (exact) mass is 414 g/mol. The third-order valence-corrected chi connectivity index (χ3v) is 4.75. The highest BCUT2D eigenvalue weighted by molar-refractivity contribution is 6.07. The van der Waals surface area contributed by atoms with Crippen molar-refractivity contribution < 1.29 is 23.8 Å². The van der Waals surface area contributed by atoms with Crippen LogP contribution < -0.4 is 9.47 Å². The fourth-order valence-corrected chi connectivity index (χ4v) is 3.16. The molecule has 0 aliphatic carbocycles. The average Bonchev–Trinajstić information content (AvgIpc) is 2.83. The zero-order chi connectivity index (χ0) is 21.8. The summed E-state index contributed by atoms with van der Waals surface area (Å²) >= 11 is 0. The Balaban J connectivity index is 1.70. The third-order valence-electron chi connectivity index (χ3n) is 4.75. The quantitative estimate of drug-likeness (QED) is 0.208. The van der Waals surface area contributed by atoms with Gasteiger partial charge in [-0.3, -0.25) is 4.79 Å². The minimum Gasteiger partial charge on any atom is -0.618 e. The van der Waals surface area contributed by atoms with Crippen molar-refractivity contribution in [3.05, 3.63) is 107 Å². The molecule has 7 nitrogen and oxygen atoms in total. The molecule has 0 spiro atoms. The molecule has 1 aromatic heterocycles. The van der Waals surface area contributed by atoms with Crippen LogP contribution in [0.2, 0.25) is 0 Å². The average molecular weight is 414 g/mol. The van der Waals surface area contributed by atoms with Crippen molar-refractivity contribution in [2.45, 2.75) is 6.61 Å². The summed E-state index contributed by atoms with van der Waals surface area (Å²) in [7, 11) is 1.53. The number of carbonyl (C=O) groups excluding carboxylic acids is 2. The van der Waals surface area contributed by atoms with E-state index in [1.54, 1.807) is 78.9 Å². The minimum atomic E-state index is -0.604. The number of carbonyl (C=O) groups is 2. The van der Waals surface area contributed by atoms with Crippen molar-refractivity contribution in [1.82, 2.24) is 4.98 Å².